The van der Waals surface area contributed by atoms with Gasteiger partial charge in [0.15, 0.2) is 0 Å². The summed E-state index contributed by atoms with van der Waals surface area (Å²) in [7, 11) is 0. The number of hydrogen-bond acceptors (Lipinski definition) is 4. The van der Waals surface area contributed by atoms with Crippen LogP contribution in [0, 0.1) is 0 Å². The first-order valence-electron chi connectivity index (χ1n) is 10.2. The fourth-order valence-corrected chi connectivity index (χ4v) is 4.06. The Morgan fingerprint density at radius 1 is 1.10 bits per heavy atom. The molecular formula is C24H24ClN3O2. The molecule has 1 aliphatic rings. The van der Waals surface area contributed by atoms with Gasteiger partial charge in [-0.05, 0) is 48.4 Å². The maximum Gasteiger partial charge on any atom is 0.227 e. The first-order valence-corrected chi connectivity index (χ1v) is 10.6. The Hall–Kier alpha value is -2.92. The molecule has 2 heterocycles. The van der Waals surface area contributed by atoms with Crippen LogP contribution in [0.4, 0.5) is 0 Å². The van der Waals surface area contributed by atoms with Crippen LogP contribution >= 0.6 is 11.6 Å². The lowest BCUT2D eigenvalue weighted by Gasteiger charge is -2.20. The van der Waals surface area contributed by atoms with E-state index in [1.54, 1.807) is 12.1 Å². The highest BCUT2D eigenvalue weighted by Crippen LogP contribution is 2.28. The molecule has 0 unspecified atom stereocenters. The molecule has 0 saturated heterocycles. The van der Waals surface area contributed by atoms with Gasteiger partial charge >= 0.3 is 0 Å². The summed E-state index contributed by atoms with van der Waals surface area (Å²) in [4.78, 5) is 24.4. The molecule has 0 spiro atoms. The van der Waals surface area contributed by atoms with Crippen LogP contribution in [0.1, 0.15) is 29.6 Å². The largest absolute Gasteiger partial charge is 0.508 e. The van der Waals surface area contributed by atoms with Crippen LogP contribution < -0.4 is 0 Å². The third-order valence-electron chi connectivity index (χ3n) is 5.44. The van der Waals surface area contributed by atoms with E-state index in [0.717, 1.165) is 40.3 Å². The summed E-state index contributed by atoms with van der Waals surface area (Å²) >= 11 is 6.06. The van der Waals surface area contributed by atoms with Crippen LogP contribution in [0.3, 0.4) is 0 Å². The maximum atomic E-state index is 12.9. The second-order valence-electron chi connectivity index (χ2n) is 7.50. The molecule has 0 radical (unpaired) electrons. The zero-order valence-corrected chi connectivity index (χ0v) is 17.7. The van der Waals surface area contributed by atoms with E-state index in [0.29, 0.717) is 37.4 Å². The highest BCUT2D eigenvalue weighted by atomic mass is 35.5. The van der Waals surface area contributed by atoms with Crippen LogP contribution in [-0.4, -0.2) is 39.0 Å². The number of fused-ring (bicyclic) bond motifs is 1. The van der Waals surface area contributed by atoms with Crippen LogP contribution in [0.25, 0.3) is 11.3 Å². The van der Waals surface area contributed by atoms with Crippen molar-refractivity contribution in [1.29, 1.82) is 0 Å². The Morgan fingerprint density at radius 3 is 2.60 bits per heavy atom. The van der Waals surface area contributed by atoms with Crippen molar-refractivity contribution in [1.82, 2.24) is 14.9 Å². The Kier molecular flexibility index (Phi) is 6.00. The smallest absolute Gasteiger partial charge is 0.227 e. The third kappa shape index (κ3) is 4.46. The number of rotatable bonds is 4. The normalized spacial score (nSPS) is 13.6. The zero-order valence-electron chi connectivity index (χ0n) is 16.9. The maximum absolute atomic E-state index is 12.9. The number of aromatic nitrogens is 2. The van der Waals surface area contributed by atoms with Crippen LogP contribution in [0.5, 0.6) is 5.75 Å². The number of hydrogen-bond donors (Lipinski definition) is 1. The summed E-state index contributed by atoms with van der Waals surface area (Å²) in [5.41, 5.74) is 4.90. The molecule has 6 heteroatoms. The topological polar surface area (TPSA) is 66.3 Å². The van der Waals surface area contributed by atoms with E-state index in [9.17, 15) is 9.90 Å². The van der Waals surface area contributed by atoms with Crippen molar-refractivity contribution in [3.05, 3.63) is 76.2 Å². The molecule has 0 fully saturated rings. The summed E-state index contributed by atoms with van der Waals surface area (Å²) < 4.78 is 0. The van der Waals surface area contributed by atoms with Gasteiger partial charge in [-0.1, -0.05) is 30.7 Å². The van der Waals surface area contributed by atoms with E-state index >= 15 is 0 Å². The predicted molar refractivity (Wildman–Crippen MR) is 118 cm³/mol. The molecule has 0 bridgehead atoms. The molecule has 3 aromatic rings. The SMILES string of the molecule is CCc1nc2c(c(-c3ccc(O)cc3)n1)CCN(C(=O)Cc1cccc(Cl)c1)CC2. The predicted octanol–water partition coefficient (Wildman–Crippen LogP) is 4.23. The van der Waals surface area contributed by atoms with Gasteiger partial charge in [-0.25, -0.2) is 9.97 Å². The first kappa shape index (κ1) is 20.4. The highest BCUT2D eigenvalue weighted by molar-refractivity contribution is 6.30. The van der Waals surface area contributed by atoms with E-state index in [2.05, 4.69) is 0 Å². The summed E-state index contributed by atoms with van der Waals surface area (Å²) in [6.45, 7) is 3.31. The van der Waals surface area contributed by atoms with Gasteiger partial charge in [-0.2, -0.15) is 0 Å². The van der Waals surface area contributed by atoms with Gasteiger partial charge < -0.3 is 10.0 Å². The molecule has 30 heavy (non-hydrogen) atoms. The number of halogens is 1. The standard InChI is InChI=1S/C24H24ClN3O2/c1-2-22-26-21-11-13-28(23(30)15-16-4-3-5-18(25)14-16)12-10-20(21)24(27-22)17-6-8-19(29)9-7-17/h3-9,14,29H,2,10-13,15H2,1H3. The highest BCUT2D eigenvalue weighted by Gasteiger charge is 2.23. The van der Waals surface area contributed by atoms with Crippen LogP contribution in [-0.2, 0) is 30.5 Å². The number of nitrogens with zero attached hydrogens (tertiary/aromatic N) is 3. The Labute approximate surface area is 181 Å². The summed E-state index contributed by atoms with van der Waals surface area (Å²) in [6.07, 6.45) is 2.50. The molecular weight excluding hydrogens is 398 g/mol. The lowest BCUT2D eigenvalue weighted by molar-refractivity contribution is -0.130. The van der Waals surface area contributed by atoms with Gasteiger partial charge in [0.05, 0.1) is 12.1 Å². The summed E-state index contributed by atoms with van der Waals surface area (Å²) in [6, 6.07) is 14.6. The summed E-state index contributed by atoms with van der Waals surface area (Å²) in [5.74, 6) is 1.13. The quantitative estimate of drug-likeness (QED) is 0.684. The number of benzene rings is 2. The van der Waals surface area contributed by atoms with Gasteiger partial charge in [0, 0.05) is 47.8 Å². The molecule has 0 saturated carbocycles. The van der Waals surface area contributed by atoms with E-state index in [4.69, 9.17) is 21.6 Å². The van der Waals surface area contributed by atoms with Gasteiger partial charge in [0.1, 0.15) is 11.6 Å². The van der Waals surface area contributed by atoms with E-state index in [-0.39, 0.29) is 11.7 Å². The van der Waals surface area contributed by atoms with Crippen molar-refractivity contribution < 1.29 is 9.90 Å². The van der Waals surface area contributed by atoms with Crippen molar-refractivity contribution in [2.45, 2.75) is 32.6 Å². The number of carbonyl (C=O) groups excluding carboxylic acids is 1. The Morgan fingerprint density at radius 2 is 1.87 bits per heavy atom. The summed E-state index contributed by atoms with van der Waals surface area (Å²) in [5, 5.41) is 10.3. The van der Waals surface area contributed by atoms with Gasteiger partial charge in [0.2, 0.25) is 5.91 Å². The first-order chi connectivity index (χ1) is 14.5. The molecule has 1 aliphatic heterocycles. The van der Waals surface area contributed by atoms with E-state index < -0.39 is 0 Å². The molecule has 4 rings (SSSR count). The monoisotopic (exact) mass is 421 g/mol. The second-order valence-corrected chi connectivity index (χ2v) is 7.94. The number of amides is 1. The lowest BCUT2D eigenvalue weighted by Crippen LogP contribution is -2.34. The van der Waals surface area contributed by atoms with Crippen molar-refractivity contribution in [2.75, 3.05) is 13.1 Å². The number of phenols is 1. The Balaban J connectivity index is 1.59. The van der Waals surface area contributed by atoms with E-state index in [1.807, 2.05) is 48.2 Å². The van der Waals surface area contributed by atoms with Gasteiger partial charge in [-0.3, -0.25) is 4.79 Å². The number of carbonyl (C=O) groups is 1. The minimum Gasteiger partial charge on any atom is -0.508 e. The van der Waals surface area contributed by atoms with Crippen LogP contribution in [0.15, 0.2) is 48.5 Å². The minimum absolute atomic E-state index is 0.0972. The number of phenolic OH excluding ortho intramolecular Hbond substituents is 1. The van der Waals surface area contributed by atoms with Crippen molar-refractivity contribution in [3.63, 3.8) is 0 Å². The zero-order chi connectivity index (χ0) is 21.1. The van der Waals surface area contributed by atoms with E-state index in [1.165, 1.54) is 0 Å². The Bertz CT molecular complexity index is 1070. The molecule has 0 aliphatic carbocycles. The molecule has 5 nitrogen and oxygen atoms in total. The second kappa shape index (κ2) is 8.84. The molecule has 1 amide bonds. The lowest BCUT2D eigenvalue weighted by atomic mass is 10.0. The van der Waals surface area contributed by atoms with Gasteiger partial charge in [-0.15, -0.1) is 0 Å². The minimum atomic E-state index is 0.0972. The fraction of sp³-hybridized carbons (Fsp3) is 0.292. The average Bonchev–Trinajstić information content (AvgIpc) is 2.96. The number of aromatic hydroxyl groups is 1. The number of aryl methyl sites for hydroxylation is 1. The molecule has 1 aromatic heterocycles. The third-order valence-corrected chi connectivity index (χ3v) is 5.68. The molecule has 154 valence electrons. The van der Waals surface area contributed by atoms with Crippen LogP contribution in [0.2, 0.25) is 5.02 Å². The molecule has 0 atom stereocenters. The molecule has 2 aromatic carbocycles. The molecule has 1 N–H and O–H groups in total. The van der Waals surface area contributed by atoms with Crippen molar-refractivity contribution in [2.24, 2.45) is 0 Å². The van der Waals surface area contributed by atoms with Gasteiger partial charge in [0.25, 0.3) is 0 Å². The fourth-order valence-electron chi connectivity index (χ4n) is 3.85. The van der Waals surface area contributed by atoms with Crippen molar-refractivity contribution in [3.8, 4) is 17.0 Å². The van der Waals surface area contributed by atoms with Crippen molar-refractivity contribution >= 4 is 17.5 Å². The average molecular weight is 422 g/mol.